The molecule has 0 aliphatic heterocycles. The maximum atomic E-state index is 12.6. The molecule has 1 aromatic heterocycles. The van der Waals surface area contributed by atoms with Crippen molar-refractivity contribution in [1.29, 1.82) is 0 Å². The molecule has 3 aromatic rings. The Balaban J connectivity index is 1.81. The van der Waals surface area contributed by atoms with Gasteiger partial charge in [0.2, 0.25) is 5.91 Å². The maximum absolute atomic E-state index is 12.6. The fourth-order valence-corrected chi connectivity index (χ4v) is 3.41. The maximum Gasteiger partial charge on any atom is 0.233 e. The third-order valence-corrected chi connectivity index (χ3v) is 4.57. The summed E-state index contributed by atoms with van der Waals surface area (Å²) in [5, 5.41) is 3.65. The van der Waals surface area contributed by atoms with E-state index in [2.05, 4.69) is 17.2 Å². The van der Waals surface area contributed by atoms with Crippen LogP contribution in [0.2, 0.25) is 0 Å². The molecule has 1 atom stereocenters. The van der Waals surface area contributed by atoms with Crippen molar-refractivity contribution < 1.29 is 4.79 Å². The molecule has 2 aromatic carbocycles. The second-order valence-electron chi connectivity index (χ2n) is 5.23. The molecule has 1 heterocycles. The van der Waals surface area contributed by atoms with E-state index in [1.807, 2.05) is 54.6 Å². The molecular weight excluding hydrogens is 292 g/mol. The topological polar surface area (TPSA) is 42.0 Å². The molecule has 0 fully saturated rings. The van der Waals surface area contributed by atoms with Gasteiger partial charge in [-0.3, -0.25) is 4.79 Å². The first kappa shape index (κ1) is 14.7. The zero-order valence-corrected chi connectivity index (χ0v) is 13.3. The molecule has 0 aliphatic carbocycles. The SMILES string of the molecule is CCCC(C(=O)Nc1nc2ccccc2s1)c1ccccc1. The summed E-state index contributed by atoms with van der Waals surface area (Å²) in [4.78, 5) is 17.1. The number of hydrogen-bond acceptors (Lipinski definition) is 3. The Kier molecular flexibility index (Phi) is 4.49. The van der Waals surface area contributed by atoms with Gasteiger partial charge in [-0.2, -0.15) is 0 Å². The number of thiazole rings is 1. The van der Waals surface area contributed by atoms with Crippen molar-refractivity contribution in [2.24, 2.45) is 0 Å². The third-order valence-electron chi connectivity index (χ3n) is 3.62. The summed E-state index contributed by atoms with van der Waals surface area (Å²) in [6, 6.07) is 17.9. The summed E-state index contributed by atoms with van der Waals surface area (Å²) in [7, 11) is 0. The Morgan fingerprint density at radius 3 is 2.59 bits per heavy atom. The summed E-state index contributed by atoms with van der Waals surface area (Å²) >= 11 is 1.51. The van der Waals surface area contributed by atoms with E-state index in [0.717, 1.165) is 28.6 Å². The lowest BCUT2D eigenvalue weighted by Crippen LogP contribution is -2.21. The lowest BCUT2D eigenvalue weighted by molar-refractivity contribution is -0.117. The lowest BCUT2D eigenvalue weighted by Gasteiger charge is -2.15. The fraction of sp³-hybridized carbons (Fsp3) is 0.222. The van der Waals surface area contributed by atoms with Crippen molar-refractivity contribution in [3.63, 3.8) is 0 Å². The number of amides is 1. The molecular formula is C18H18N2OS. The molecule has 112 valence electrons. The van der Waals surface area contributed by atoms with E-state index < -0.39 is 0 Å². The predicted octanol–water partition coefficient (Wildman–Crippen LogP) is 4.82. The van der Waals surface area contributed by atoms with E-state index in [1.165, 1.54) is 11.3 Å². The van der Waals surface area contributed by atoms with Crippen LogP contribution in [0.1, 0.15) is 31.2 Å². The van der Waals surface area contributed by atoms with Crippen LogP contribution in [-0.4, -0.2) is 10.9 Å². The number of carbonyl (C=O) groups excluding carboxylic acids is 1. The monoisotopic (exact) mass is 310 g/mol. The van der Waals surface area contributed by atoms with Gasteiger partial charge >= 0.3 is 0 Å². The quantitative estimate of drug-likeness (QED) is 0.734. The third kappa shape index (κ3) is 3.17. The Labute approximate surface area is 134 Å². The van der Waals surface area contributed by atoms with Gasteiger partial charge in [-0.25, -0.2) is 4.98 Å². The highest BCUT2D eigenvalue weighted by Gasteiger charge is 2.20. The summed E-state index contributed by atoms with van der Waals surface area (Å²) < 4.78 is 1.09. The van der Waals surface area contributed by atoms with Gasteiger partial charge in [0.05, 0.1) is 16.1 Å². The molecule has 0 radical (unpaired) electrons. The largest absolute Gasteiger partial charge is 0.301 e. The van der Waals surface area contributed by atoms with Crippen LogP contribution in [0.5, 0.6) is 0 Å². The number of para-hydroxylation sites is 1. The number of nitrogens with zero attached hydrogens (tertiary/aromatic N) is 1. The molecule has 0 spiro atoms. The number of benzene rings is 2. The Bertz CT molecular complexity index is 734. The fourth-order valence-electron chi connectivity index (χ4n) is 2.54. The average Bonchev–Trinajstić information content (AvgIpc) is 2.95. The van der Waals surface area contributed by atoms with Crippen LogP contribution < -0.4 is 5.32 Å². The molecule has 0 aliphatic rings. The Morgan fingerprint density at radius 1 is 1.14 bits per heavy atom. The molecule has 0 bridgehead atoms. The number of nitrogens with one attached hydrogen (secondary N) is 1. The second-order valence-corrected chi connectivity index (χ2v) is 6.26. The lowest BCUT2D eigenvalue weighted by atomic mass is 9.94. The summed E-state index contributed by atoms with van der Waals surface area (Å²) in [5.74, 6) is -0.106. The molecule has 0 saturated carbocycles. The molecule has 0 saturated heterocycles. The number of anilines is 1. The first-order valence-electron chi connectivity index (χ1n) is 7.49. The first-order chi connectivity index (χ1) is 10.8. The van der Waals surface area contributed by atoms with Gasteiger partial charge in [0.15, 0.2) is 5.13 Å². The molecule has 1 unspecified atom stereocenters. The number of hydrogen-bond donors (Lipinski definition) is 1. The molecule has 3 nitrogen and oxygen atoms in total. The van der Waals surface area contributed by atoms with E-state index in [0.29, 0.717) is 5.13 Å². The van der Waals surface area contributed by atoms with Crippen molar-refractivity contribution in [2.75, 3.05) is 5.32 Å². The van der Waals surface area contributed by atoms with Gasteiger partial charge in [0.1, 0.15) is 0 Å². The van der Waals surface area contributed by atoms with Gasteiger partial charge in [-0.05, 0) is 24.1 Å². The minimum Gasteiger partial charge on any atom is -0.301 e. The highest BCUT2D eigenvalue weighted by atomic mass is 32.1. The number of fused-ring (bicyclic) bond motifs is 1. The normalized spacial score (nSPS) is 12.2. The van der Waals surface area contributed by atoms with E-state index in [9.17, 15) is 4.79 Å². The average molecular weight is 310 g/mol. The minimum absolute atomic E-state index is 0.0205. The standard InChI is InChI=1S/C18H18N2OS/c1-2-8-14(13-9-4-3-5-10-13)17(21)20-18-19-15-11-6-7-12-16(15)22-18/h3-7,9-12,14H,2,8H2,1H3,(H,19,20,21). The van der Waals surface area contributed by atoms with Crippen molar-refractivity contribution in [1.82, 2.24) is 4.98 Å². The molecule has 3 rings (SSSR count). The van der Waals surface area contributed by atoms with Crippen LogP contribution in [0, 0.1) is 0 Å². The zero-order chi connectivity index (χ0) is 15.4. The van der Waals surface area contributed by atoms with Gasteiger partial charge in [0.25, 0.3) is 0 Å². The van der Waals surface area contributed by atoms with Crippen LogP contribution in [-0.2, 0) is 4.79 Å². The van der Waals surface area contributed by atoms with Gasteiger partial charge in [0, 0.05) is 0 Å². The Hall–Kier alpha value is -2.20. The second kappa shape index (κ2) is 6.71. The molecule has 1 N–H and O–H groups in total. The highest BCUT2D eigenvalue weighted by Crippen LogP contribution is 2.28. The molecule has 4 heteroatoms. The minimum atomic E-state index is -0.127. The van der Waals surface area contributed by atoms with E-state index in [-0.39, 0.29) is 11.8 Å². The van der Waals surface area contributed by atoms with Crippen molar-refractivity contribution in [2.45, 2.75) is 25.7 Å². The Morgan fingerprint density at radius 2 is 1.86 bits per heavy atom. The van der Waals surface area contributed by atoms with Crippen LogP contribution >= 0.6 is 11.3 Å². The van der Waals surface area contributed by atoms with Crippen molar-refractivity contribution in [3.8, 4) is 0 Å². The van der Waals surface area contributed by atoms with Crippen LogP contribution in [0.15, 0.2) is 54.6 Å². The summed E-state index contributed by atoms with van der Waals surface area (Å²) in [6.45, 7) is 2.10. The van der Waals surface area contributed by atoms with E-state index in [4.69, 9.17) is 0 Å². The van der Waals surface area contributed by atoms with Crippen LogP contribution in [0.4, 0.5) is 5.13 Å². The van der Waals surface area contributed by atoms with Gasteiger partial charge < -0.3 is 5.32 Å². The van der Waals surface area contributed by atoms with E-state index in [1.54, 1.807) is 0 Å². The number of aromatic nitrogens is 1. The van der Waals surface area contributed by atoms with Crippen molar-refractivity contribution in [3.05, 3.63) is 60.2 Å². The number of rotatable bonds is 5. The van der Waals surface area contributed by atoms with Crippen LogP contribution in [0.3, 0.4) is 0 Å². The first-order valence-corrected chi connectivity index (χ1v) is 8.31. The van der Waals surface area contributed by atoms with Crippen molar-refractivity contribution >= 4 is 32.6 Å². The van der Waals surface area contributed by atoms with E-state index >= 15 is 0 Å². The summed E-state index contributed by atoms with van der Waals surface area (Å²) in [6.07, 6.45) is 1.80. The highest BCUT2D eigenvalue weighted by molar-refractivity contribution is 7.22. The smallest absolute Gasteiger partial charge is 0.233 e. The van der Waals surface area contributed by atoms with Crippen LogP contribution in [0.25, 0.3) is 10.2 Å². The van der Waals surface area contributed by atoms with Gasteiger partial charge in [-0.15, -0.1) is 0 Å². The molecule has 22 heavy (non-hydrogen) atoms. The van der Waals surface area contributed by atoms with Gasteiger partial charge in [-0.1, -0.05) is 67.1 Å². The molecule has 1 amide bonds. The number of carbonyl (C=O) groups is 1. The predicted molar refractivity (Wildman–Crippen MR) is 92.3 cm³/mol. The summed E-state index contributed by atoms with van der Waals surface area (Å²) in [5.41, 5.74) is 1.98. The zero-order valence-electron chi connectivity index (χ0n) is 12.5.